The van der Waals surface area contributed by atoms with Crippen molar-refractivity contribution in [1.29, 1.82) is 0 Å². The molecule has 2 aromatic heterocycles. The molecule has 2 rings (SSSR count). The van der Waals surface area contributed by atoms with E-state index in [2.05, 4.69) is 11.6 Å². The number of halogens is 2. The first-order valence-electron chi connectivity index (χ1n) is 5.58. The molecule has 0 atom stereocenters. The van der Waals surface area contributed by atoms with Gasteiger partial charge in [0.15, 0.2) is 0 Å². The van der Waals surface area contributed by atoms with E-state index in [1.54, 1.807) is 23.2 Å². The van der Waals surface area contributed by atoms with Crippen molar-refractivity contribution in [2.45, 2.75) is 6.54 Å². The second-order valence-corrected chi connectivity index (χ2v) is 6.15. The van der Waals surface area contributed by atoms with Crippen LogP contribution < -0.4 is 0 Å². The van der Waals surface area contributed by atoms with E-state index < -0.39 is 0 Å². The van der Waals surface area contributed by atoms with Crippen LogP contribution in [0.2, 0.25) is 9.36 Å². The first-order valence-corrected chi connectivity index (χ1v) is 7.15. The van der Waals surface area contributed by atoms with Gasteiger partial charge in [-0.15, -0.1) is 17.9 Å². The van der Waals surface area contributed by atoms with Gasteiger partial charge in [-0.05, 0) is 18.2 Å². The summed E-state index contributed by atoms with van der Waals surface area (Å²) in [5, 5.41) is 0.515. The molecule has 1 amide bonds. The number of hydrogen-bond donors (Lipinski definition) is 1. The number of rotatable bonds is 5. The fourth-order valence-electron chi connectivity index (χ4n) is 1.66. The van der Waals surface area contributed by atoms with Crippen LogP contribution in [0, 0.1) is 0 Å². The summed E-state index contributed by atoms with van der Waals surface area (Å²) in [7, 11) is 0. The van der Waals surface area contributed by atoms with Crippen molar-refractivity contribution in [1.82, 2.24) is 9.88 Å². The Balaban J connectivity index is 2.15. The van der Waals surface area contributed by atoms with Crippen molar-refractivity contribution in [3.8, 4) is 0 Å². The Morgan fingerprint density at radius 3 is 2.79 bits per heavy atom. The SMILES string of the molecule is C=CCN(Cc1ccc(Cl)s1)C(=O)c1cc(Cl)c[nH]1. The Hall–Kier alpha value is -1.23. The lowest BCUT2D eigenvalue weighted by Crippen LogP contribution is -2.30. The Morgan fingerprint density at radius 1 is 1.47 bits per heavy atom. The molecule has 2 aromatic rings. The summed E-state index contributed by atoms with van der Waals surface area (Å²) in [6.45, 7) is 4.64. The monoisotopic (exact) mass is 314 g/mol. The molecule has 0 aliphatic carbocycles. The highest BCUT2D eigenvalue weighted by atomic mass is 35.5. The second kappa shape index (κ2) is 6.28. The summed E-state index contributed by atoms with van der Waals surface area (Å²) in [4.78, 5) is 17.9. The number of hydrogen-bond acceptors (Lipinski definition) is 2. The topological polar surface area (TPSA) is 36.1 Å². The van der Waals surface area contributed by atoms with Crippen molar-refractivity contribution in [2.75, 3.05) is 6.54 Å². The van der Waals surface area contributed by atoms with E-state index in [4.69, 9.17) is 23.2 Å². The molecule has 0 bridgehead atoms. The zero-order valence-corrected chi connectivity index (χ0v) is 12.4. The number of nitrogens with zero attached hydrogens (tertiary/aromatic N) is 1. The highest BCUT2D eigenvalue weighted by Gasteiger charge is 2.17. The Labute approximate surface area is 125 Å². The van der Waals surface area contributed by atoms with E-state index in [1.807, 2.05) is 12.1 Å². The first-order chi connectivity index (χ1) is 9.10. The minimum atomic E-state index is -0.115. The number of aromatic nitrogens is 1. The number of carbonyl (C=O) groups is 1. The summed E-state index contributed by atoms with van der Waals surface area (Å²) in [5.74, 6) is -0.115. The number of H-pyrrole nitrogens is 1. The van der Waals surface area contributed by atoms with Gasteiger partial charge < -0.3 is 9.88 Å². The van der Waals surface area contributed by atoms with Crippen LogP contribution in [-0.2, 0) is 6.54 Å². The van der Waals surface area contributed by atoms with Gasteiger partial charge in [-0.2, -0.15) is 0 Å². The summed E-state index contributed by atoms with van der Waals surface area (Å²) >= 11 is 13.2. The van der Waals surface area contributed by atoms with Gasteiger partial charge in [-0.3, -0.25) is 4.79 Å². The molecule has 0 saturated heterocycles. The summed E-state index contributed by atoms with van der Waals surface area (Å²) in [5.41, 5.74) is 0.467. The van der Waals surface area contributed by atoms with Gasteiger partial charge in [-0.25, -0.2) is 0 Å². The van der Waals surface area contributed by atoms with Crippen LogP contribution in [-0.4, -0.2) is 22.3 Å². The van der Waals surface area contributed by atoms with Crippen molar-refractivity contribution in [3.63, 3.8) is 0 Å². The number of aromatic amines is 1. The molecule has 0 spiro atoms. The van der Waals surface area contributed by atoms with E-state index in [0.29, 0.717) is 28.1 Å². The zero-order chi connectivity index (χ0) is 13.8. The molecule has 0 radical (unpaired) electrons. The van der Waals surface area contributed by atoms with E-state index in [0.717, 1.165) is 4.88 Å². The normalized spacial score (nSPS) is 10.4. The number of carbonyl (C=O) groups excluding carboxylic acids is 1. The minimum Gasteiger partial charge on any atom is -0.356 e. The summed E-state index contributed by atoms with van der Waals surface area (Å²) in [6.07, 6.45) is 3.28. The maximum Gasteiger partial charge on any atom is 0.270 e. The highest BCUT2D eigenvalue weighted by molar-refractivity contribution is 7.16. The molecule has 1 N–H and O–H groups in total. The number of amides is 1. The molecule has 0 aliphatic heterocycles. The smallest absolute Gasteiger partial charge is 0.270 e. The quantitative estimate of drug-likeness (QED) is 0.824. The van der Waals surface area contributed by atoms with E-state index in [9.17, 15) is 4.79 Å². The summed E-state index contributed by atoms with van der Waals surface area (Å²) in [6, 6.07) is 5.35. The lowest BCUT2D eigenvalue weighted by molar-refractivity contribution is 0.0759. The number of nitrogens with one attached hydrogen (secondary N) is 1. The molecule has 0 saturated carbocycles. The number of thiophene rings is 1. The second-order valence-electron chi connectivity index (χ2n) is 3.91. The lowest BCUT2D eigenvalue weighted by Gasteiger charge is -2.19. The molecule has 100 valence electrons. The Kier molecular flexibility index (Phi) is 4.69. The van der Waals surface area contributed by atoms with E-state index in [-0.39, 0.29) is 5.91 Å². The van der Waals surface area contributed by atoms with Crippen molar-refractivity contribution in [3.05, 3.63) is 57.0 Å². The largest absolute Gasteiger partial charge is 0.356 e. The highest BCUT2D eigenvalue weighted by Crippen LogP contribution is 2.23. The molecule has 0 unspecified atom stereocenters. The zero-order valence-electron chi connectivity index (χ0n) is 10.0. The third-order valence-corrected chi connectivity index (χ3v) is 3.92. The molecule has 0 fully saturated rings. The Bertz CT molecular complexity index is 591. The minimum absolute atomic E-state index is 0.115. The van der Waals surface area contributed by atoms with Crippen LogP contribution in [0.3, 0.4) is 0 Å². The maximum absolute atomic E-state index is 12.3. The van der Waals surface area contributed by atoms with Gasteiger partial charge in [0.05, 0.1) is 15.9 Å². The average Bonchev–Trinajstić information content (AvgIpc) is 2.97. The third kappa shape index (κ3) is 3.62. The molecule has 6 heteroatoms. The van der Waals surface area contributed by atoms with Crippen LogP contribution in [0.15, 0.2) is 37.1 Å². The van der Waals surface area contributed by atoms with Crippen LogP contribution in [0.1, 0.15) is 15.4 Å². The first kappa shape index (κ1) is 14.2. The summed E-state index contributed by atoms with van der Waals surface area (Å²) < 4.78 is 0.712. The van der Waals surface area contributed by atoms with Crippen LogP contribution in [0.5, 0.6) is 0 Å². The van der Waals surface area contributed by atoms with Gasteiger partial charge in [0.1, 0.15) is 5.69 Å². The van der Waals surface area contributed by atoms with Crippen LogP contribution in [0.4, 0.5) is 0 Å². The van der Waals surface area contributed by atoms with E-state index >= 15 is 0 Å². The van der Waals surface area contributed by atoms with Crippen molar-refractivity contribution < 1.29 is 4.79 Å². The fourth-order valence-corrected chi connectivity index (χ4v) is 2.93. The third-order valence-electron chi connectivity index (χ3n) is 2.49. The molecule has 0 aliphatic rings. The van der Waals surface area contributed by atoms with Gasteiger partial charge >= 0.3 is 0 Å². The predicted molar refractivity (Wildman–Crippen MR) is 80.1 cm³/mol. The molecular formula is C13H12Cl2N2OS. The molecule has 2 heterocycles. The Morgan fingerprint density at radius 2 is 2.26 bits per heavy atom. The van der Waals surface area contributed by atoms with Gasteiger partial charge in [0.25, 0.3) is 5.91 Å². The molecular weight excluding hydrogens is 303 g/mol. The lowest BCUT2D eigenvalue weighted by atomic mass is 10.3. The van der Waals surface area contributed by atoms with Gasteiger partial charge in [-0.1, -0.05) is 29.3 Å². The van der Waals surface area contributed by atoms with Crippen LogP contribution in [0.25, 0.3) is 0 Å². The van der Waals surface area contributed by atoms with Crippen molar-refractivity contribution >= 4 is 40.4 Å². The standard InChI is InChI=1S/C13H12Cl2N2OS/c1-2-5-17(8-10-3-4-12(15)19-10)13(18)11-6-9(14)7-16-11/h2-4,6-7,16H,1,5,8H2. The molecule has 3 nitrogen and oxygen atoms in total. The molecule has 19 heavy (non-hydrogen) atoms. The van der Waals surface area contributed by atoms with Gasteiger partial charge in [0, 0.05) is 17.6 Å². The van der Waals surface area contributed by atoms with Crippen LogP contribution >= 0.6 is 34.5 Å². The average molecular weight is 315 g/mol. The fraction of sp³-hybridized carbons (Fsp3) is 0.154. The van der Waals surface area contributed by atoms with Gasteiger partial charge in [0.2, 0.25) is 0 Å². The molecule has 0 aromatic carbocycles. The maximum atomic E-state index is 12.3. The van der Waals surface area contributed by atoms with E-state index in [1.165, 1.54) is 11.3 Å². The predicted octanol–water partition coefficient (Wildman–Crippen LogP) is 4.21. The van der Waals surface area contributed by atoms with Crippen molar-refractivity contribution in [2.24, 2.45) is 0 Å².